The zero-order valence-corrected chi connectivity index (χ0v) is 8.83. The first kappa shape index (κ1) is 11.8. The Morgan fingerprint density at radius 1 is 1.56 bits per heavy atom. The standard InChI is InChI=1S/C9H11N5O2/c1-2-13(5-3-4-10)9-11-6-8(7-12-9)14(15)16/h6-7H,2-3,5H2,1H3. The van der Waals surface area contributed by atoms with E-state index in [9.17, 15) is 10.1 Å². The van der Waals surface area contributed by atoms with Gasteiger partial charge in [0.2, 0.25) is 5.95 Å². The number of nitriles is 1. The molecular weight excluding hydrogens is 210 g/mol. The monoisotopic (exact) mass is 221 g/mol. The predicted molar refractivity (Wildman–Crippen MR) is 56.8 cm³/mol. The van der Waals surface area contributed by atoms with E-state index >= 15 is 0 Å². The molecule has 7 heteroatoms. The van der Waals surface area contributed by atoms with E-state index in [1.165, 1.54) is 0 Å². The summed E-state index contributed by atoms with van der Waals surface area (Å²) in [6.07, 6.45) is 2.70. The molecule has 84 valence electrons. The number of hydrogen-bond acceptors (Lipinski definition) is 6. The highest BCUT2D eigenvalue weighted by molar-refractivity contribution is 5.33. The molecule has 0 saturated carbocycles. The van der Waals surface area contributed by atoms with Gasteiger partial charge in [0.25, 0.3) is 0 Å². The van der Waals surface area contributed by atoms with E-state index in [2.05, 4.69) is 9.97 Å². The molecule has 0 amide bonds. The highest BCUT2D eigenvalue weighted by Crippen LogP contribution is 2.11. The van der Waals surface area contributed by atoms with E-state index in [0.29, 0.717) is 25.5 Å². The average molecular weight is 221 g/mol. The molecule has 0 atom stereocenters. The third-order valence-electron chi connectivity index (χ3n) is 1.99. The smallest absolute Gasteiger partial charge is 0.305 e. The summed E-state index contributed by atoms with van der Waals surface area (Å²) < 4.78 is 0. The molecule has 0 fully saturated rings. The lowest BCUT2D eigenvalue weighted by Gasteiger charge is -2.18. The number of aromatic nitrogens is 2. The largest absolute Gasteiger partial charge is 0.340 e. The Hall–Kier alpha value is -2.23. The van der Waals surface area contributed by atoms with Gasteiger partial charge >= 0.3 is 5.69 Å². The van der Waals surface area contributed by atoms with Crippen LogP contribution in [0.2, 0.25) is 0 Å². The molecule has 1 aromatic heterocycles. The van der Waals surface area contributed by atoms with Gasteiger partial charge < -0.3 is 4.90 Å². The van der Waals surface area contributed by atoms with Gasteiger partial charge in [-0.1, -0.05) is 0 Å². The van der Waals surface area contributed by atoms with E-state index in [1.54, 1.807) is 4.90 Å². The zero-order valence-electron chi connectivity index (χ0n) is 8.83. The average Bonchev–Trinajstić information content (AvgIpc) is 2.30. The Morgan fingerprint density at radius 2 is 2.19 bits per heavy atom. The number of nitrogens with zero attached hydrogens (tertiary/aromatic N) is 5. The second-order valence-electron chi connectivity index (χ2n) is 2.99. The third kappa shape index (κ3) is 2.88. The molecule has 0 aliphatic heterocycles. The van der Waals surface area contributed by atoms with E-state index < -0.39 is 4.92 Å². The van der Waals surface area contributed by atoms with E-state index in [4.69, 9.17) is 5.26 Å². The zero-order chi connectivity index (χ0) is 12.0. The van der Waals surface area contributed by atoms with Crippen LogP contribution in [0, 0.1) is 21.4 Å². The van der Waals surface area contributed by atoms with Gasteiger partial charge in [-0.05, 0) is 6.92 Å². The minimum atomic E-state index is -0.546. The maximum Gasteiger partial charge on any atom is 0.305 e. The van der Waals surface area contributed by atoms with Gasteiger partial charge in [0.1, 0.15) is 12.4 Å². The van der Waals surface area contributed by atoms with Crippen LogP contribution in [0.15, 0.2) is 12.4 Å². The Balaban J connectivity index is 2.78. The topological polar surface area (TPSA) is 96.0 Å². The molecule has 0 unspecified atom stereocenters. The first-order chi connectivity index (χ1) is 7.69. The lowest BCUT2D eigenvalue weighted by molar-refractivity contribution is -0.385. The quantitative estimate of drug-likeness (QED) is 0.546. The van der Waals surface area contributed by atoms with Gasteiger partial charge in [-0.15, -0.1) is 0 Å². The molecule has 7 nitrogen and oxygen atoms in total. The van der Waals surface area contributed by atoms with Crippen molar-refractivity contribution in [3.8, 4) is 6.07 Å². The molecule has 16 heavy (non-hydrogen) atoms. The van der Waals surface area contributed by atoms with Crippen LogP contribution in [-0.4, -0.2) is 28.0 Å². The van der Waals surface area contributed by atoms with E-state index in [0.717, 1.165) is 12.4 Å². The van der Waals surface area contributed by atoms with Crippen molar-refractivity contribution in [3.63, 3.8) is 0 Å². The first-order valence-corrected chi connectivity index (χ1v) is 4.77. The fourth-order valence-electron chi connectivity index (χ4n) is 1.16. The van der Waals surface area contributed by atoms with Crippen molar-refractivity contribution >= 4 is 11.6 Å². The number of hydrogen-bond donors (Lipinski definition) is 0. The minimum Gasteiger partial charge on any atom is -0.340 e. The summed E-state index contributed by atoms with van der Waals surface area (Å²) in [6, 6.07) is 2.03. The van der Waals surface area contributed by atoms with E-state index in [-0.39, 0.29) is 5.69 Å². The van der Waals surface area contributed by atoms with Gasteiger partial charge in [-0.2, -0.15) is 5.26 Å². The SMILES string of the molecule is CCN(CCC#N)c1ncc([N+](=O)[O-])cn1. The van der Waals surface area contributed by atoms with Crippen LogP contribution in [0.4, 0.5) is 11.6 Å². The van der Waals surface area contributed by atoms with Crippen molar-refractivity contribution in [1.82, 2.24) is 9.97 Å². The molecule has 1 rings (SSSR count). The molecule has 0 radical (unpaired) electrons. The van der Waals surface area contributed by atoms with Crippen LogP contribution in [0.25, 0.3) is 0 Å². The highest BCUT2D eigenvalue weighted by Gasteiger charge is 2.10. The van der Waals surface area contributed by atoms with Crippen LogP contribution in [0.3, 0.4) is 0 Å². The summed E-state index contributed by atoms with van der Waals surface area (Å²) in [5.74, 6) is 0.406. The maximum atomic E-state index is 10.4. The summed E-state index contributed by atoms with van der Waals surface area (Å²) >= 11 is 0. The molecule has 0 bridgehead atoms. The van der Waals surface area contributed by atoms with Crippen molar-refractivity contribution in [2.24, 2.45) is 0 Å². The number of anilines is 1. The summed E-state index contributed by atoms with van der Waals surface area (Å²) in [5.41, 5.74) is -0.139. The third-order valence-corrected chi connectivity index (χ3v) is 1.99. The highest BCUT2D eigenvalue weighted by atomic mass is 16.6. The summed E-state index contributed by atoms with van der Waals surface area (Å²) in [6.45, 7) is 3.08. The second-order valence-corrected chi connectivity index (χ2v) is 2.99. The number of nitro groups is 1. The Kier molecular flexibility index (Phi) is 4.15. The summed E-state index contributed by atoms with van der Waals surface area (Å²) in [7, 11) is 0. The van der Waals surface area contributed by atoms with Crippen LogP contribution in [-0.2, 0) is 0 Å². The fraction of sp³-hybridized carbons (Fsp3) is 0.444. The van der Waals surface area contributed by atoms with E-state index in [1.807, 2.05) is 13.0 Å². The molecule has 0 aromatic carbocycles. The lowest BCUT2D eigenvalue weighted by atomic mass is 10.4. The minimum absolute atomic E-state index is 0.139. The van der Waals surface area contributed by atoms with Crippen LogP contribution in [0.1, 0.15) is 13.3 Å². The molecule has 1 aromatic rings. The molecule has 0 aliphatic rings. The van der Waals surface area contributed by atoms with Crippen molar-refractivity contribution < 1.29 is 4.92 Å². The molecule has 0 spiro atoms. The maximum absolute atomic E-state index is 10.4. The van der Waals surface area contributed by atoms with Gasteiger partial charge in [0, 0.05) is 13.1 Å². The molecule has 1 heterocycles. The number of rotatable bonds is 5. The molecule has 0 saturated heterocycles. The van der Waals surface area contributed by atoms with Gasteiger partial charge in [0.05, 0.1) is 17.4 Å². The normalized spacial score (nSPS) is 9.50. The van der Waals surface area contributed by atoms with Gasteiger partial charge in [-0.3, -0.25) is 10.1 Å². The molecular formula is C9H11N5O2. The summed E-state index contributed by atoms with van der Waals surface area (Å²) in [4.78, 5) is 19.4. The second kappa shape index (κ2) is 5.60. The Morgan fingerprint density at radius 3 is 2.62 bits per heavy atom. The lowest BCUT2D eigenvalue weighted by Crippen LogP contribution is -2.25. The Labute approximate surface area is 92.5 Å². The fourth-order valence-corrected chi connectivity index (χ4v) is 1.16. The predicted octanol–water partition coefficient (Wildman–Crippen LogP) is 1.12. The van der Waals surface area contributed by atoms with Crippen LogP contribution < -0.4 is 4.90 Å². The van der Waals surface area contributed by atoms with Crippen molar-refractivity contribution in [2.75, 3.05) is 18.0 Å². The first-order valence-electron chi connectivity index (χ1n) is 4.77. The van der Waals surface area contributed by atoms with Crippen molar-refractivity contribution in [1.29, 1.82) is 5.26 Å². The molecule has 0 aliphatic carbocycles. The van der Waals surface area contributed by atoms with Crippen LogP contribution >= 0.6 is 0 Å². The van der Waals surface area contributed by atoms with Gasteiger partial charge in [0.15, 0.2) is 0 Å². The van der Waals surface area contributed by atoms with Crippen molar-refractivity contribution in [3.05, 3.63) is 22.5 Å². The van der Waals surface area contributed by atoms with Crippen LogP contribution in [0.5, 0.6) is 0 Å². The summed E-state index contributed by atoms with van der Waals surface area (Å²) in [5, 5.41) is 18.9. The Bertz CT molecular complexity index is 397. The van der Waals surface area contributed by atoms with Crippen molar-refractivity contribution in [2.45, 2.75) is 13.3 Å². The molecule has 0 N–H and O–H groups in total. The van der Waals surface area contributed by atoms with Gasteiger partial charge in [-0.25, -0.2) is 9.97 Å².